The van der Waals surface area contributed by atoms with Crippen molar-refractivity contribution in [2.45, 2.75) is 6.92 Å². The van der Waals surface area contributed by atoms with Gasteiger partial charge in [-0.05, 0) is 36.4 Å². The Balaban J connectivity index is 1.89. The first-order valence-corrected chi connectivity index (χ1v) is 7.56. The van der Waals surface area contributed by atoms with E-state index in [9.17, 15) is 9.59 Å². The molecule has 2 amide bonds. The van der Waals surface area contributed by atoms with Gasteiger partial charge in [0.15, 0.2) is 0 Å². The normalized spacial score (nSPS) is 10.0. The standard InChI is InChI=1S/C16H15Cl2N3O2/c1-10(22)20-12-7-5-11(6-8-12)19-9-15(23)21-14-4-2-3-13(17)16(14)18/h2-8,19H,9H2,1H3,(H,20,22)(H,21,23). The third-order valence-electron chi connectivity index (χ3n) is 2.88. The molecule has 2 aromatic carbocycles. The van der Waals surface area contributed by atoms with E-state index in [0.717, 1.165) is 5.69 Å². The Morgan fingerprint density at radius 3 is 2.26 bits per heavy atom. The van der Waals surface area contributed by atoms with E-state index >= 15 is 0 Å². The summed E-state index contributed by atoms with van der Waals surface area (Å²) in [6.07, 6.45) is 0. The minimum Gasteiger partial charge on any atom is -0.376 e. The molecule has 2 aromatic rings. The predicted molar refractivity (Wildman–Crippen MR) is 94.3 cm³/mol. The maximum Gasteiger partial charge on any atom is 0.243 e. The average molecular weight is 352 g/mol. The largest absolute Gasteiger partial charge is 0.376 e. The molecular weight excluding hydrogens is 337 g/mol. The molecule has 0 spiro atoms. The Labute approximate surface area is 144 Å². The van der Waals surface area contributed by atoms with Crippen LogP contribution >= 0.6 is 23.2 Å². The van der Waals surface area contributed by atoms with Crippen molar-refractivity contribution in [2.75, 3.05) is 22.5 Å². The van der Waals surface area contributed by atoms with Crippen LogP contribution in [0.25, 0.3) is 0 Å². The summed E-state index contributed by atoms with van der Waals surface area (Å²) in [6.45, 7) is 1.51. The van der Waals surface area contributed by atoms with E-state index < -0.39 is 0 Å². The van der Waals surface area contributed by atoms with Gasteiger partial charge in [0.05, 0.1) is 22.3 Å². The van der Waals surface area contributed by atoms with Gasteiger partial charge in [0.25, 0.3) is 0 Å². The fourth-order valence-corrected chi connectivity index (χ4v) is 2.20. The number of rotatable bonds is 5. The minimum absolute atomic E-state index is 0.0718. The van der Waals surface area contributed by atoms with Crippen LogP contribution in [0.2, 0.25) is 10.0 Å². The zero-order valence-corrected chi connectivity index (χ0v) is 13.8. The number of nitrogens with one attached hydrogen (secondary N) is 3. The molecule has 0 saturated carbocycles. The second kappa shape index (κ2) is 7.85. The number of benzene rings is 2. The number of anilines is 3. The van der Waals surface area contributed by atoms with Crippen molar-refractivity contribution in [1.29, 1.82) is 0 Å². The van der Waals surface area contributed by atoms with Gasteiger partial charge in [-0.25, -0.2) is 0 Å². The third kappa shape index (κ3) is 5.16. The molecule has 7 heteroatoms. The molecule has 23 heavy (non-hydrogen) atoms. The molecule has 0 unspecified atom stereocenters. The highest BCUT2D eigenvalue weighted by Crippen LogP contribution is 2.29. The van der Waals surface area contributed by atoms with E-state index in [1.165, 1.54) is 6.92 Å². The SMILES string of the molecule is CC(=O)Nc1ccc(NCC(=O)Nc2cccc(Cl)c2Cl)cc1. The summed E-state index contributed by atoms with van der Waals surface area (Å²) in [5.74, 6) is -0.386. The minimum atomic E-state index is -0.250. The third-order valence-corrected chi connectivity index (χ3v) is 3.70. The first-order valence-electron chi connectivity index (χ1n) is 6.81. The molecular formula is C16H15Cl2N3O2. The number of halogens is 2. The maximum atomic E-state index is 11.9. The predicted octanol–water partition coefficient (Wildman–Crippen LogP) is 4.00. The lowest BCUT2D eigenvalue weighted by atomic mass is 10.2. The summed E-state index contributed by atoms with van der Waals surface area (Å²) >= 11 is 11.9. The van der Waals surface area contributed by atoms with Gasteiger partial charge in [0.2, 0.25) is 11.8 Å². The van der Waals surface area contributed by atoms with E-state index in [0.29, 0.717) is 21.4 Å². The van der Waals surface area contributed by atoms with Crippen molar-refractivity contribution in [3.8, 4) is 0 Å². The summed E-state index contributed by atoms with van der Waals surface area (Å²) < 4.78 is 0. The Hall–Kier alpha value is -2.24. The van der Waals surface area contributed by atoms with Gasteiger partial charge in [-0.15, -0.1) is 0 Å². The zero-order chi connectivity index (χ0) is 16.8. The van der Waals surface area contributed by atoms with Gasteiger partial charge in [-0.3, -0.25) is 9.59 Å². The molecule has 0 atom stereocenters. The average Bonchev–Trinajstić information content (AvgIpc) is 2.51. The highest BCUT2D eigenvalue weighted by atomic mass is 35.5. The quantitative estimate of drug-likeness (QED) is 0.762. The van der Waals surface area contributed by atoms with Gasteiger partial charge in [-0.2, -0.15) is 0 Å². The van der Waals surface area contributed by atoms with Crippen LogP contribution in [0.4, 0.5) is 17.1 Å². The number of carbonyl (C=O) groups excluding carboxylic acids is 2. The fraction of sp³-hybridized carbons (Fsp3) is 0.125. The van der Waals surface area contributed by atoms with Gasteiger partial charge in [0, 0.05) is 18.3 Å². The van der Waals surface area contributed by atoms with E-state index in [-0.39, 0.29) is 18.4 Å². The first-order chi connectivity index (χ1) is 11.0. The monoisotopic (exact) mass is 351 g/mol. The molecule has 120 valence electrons. The molecule has 0 radical (unpaired) electrons. The van der Waals surface area contributed by atoms with Gasteiger partial charge < -0.3 is 16.0 Å². The molecule has 0 aliphatic rings. The molecule has 0 heterocycles. The topological polar surface area (TPSA) is 70.2 Å². The fourth-order valence-electron chi connectivity index (χ4n) is 1.85. The molecule has 0 aliphatic heterocycles. The summed E-state index contributed by atoms with van der Waals surface area (Å²) in [6, 6.07) is 12.1. The van der Waals surface area contributed by atoms with Crippen LogP contribution in [0, 0.1) is 0 Å². The van der Waals surface area contributed by atoms with Crippen molar-refractivity contribution in [3.63, 3.8) is 0 Å². The molecule has 0 bridgehead atoms. The molecule has 0 fully saturated rings. The van der Waals surface area contributed by atoms with Crippen LogP contribution < -0.4 is 16.0 Å². The molecule has 5 nitrogen and oxygen atoms in total. The smallest absolute Gasteiger partial charge is 0.243 e. The van der Waals surface area contributed by atoms with E-state index in [1.54, 1.807) is 42.5 Å². The Morgan fingerprint density at radius 1 is 0.957 bits per heavy atom. The summed E-state index contributed by atoms with van der Waals surface area (Å²) in [4.78, 5) is 22.9. The number of amides is 2. The van der Waals surface area contributed by atoms with Crippen molar-refractivity contribution in [1.82, 2.24) is 0 Å². The Kier molecular flexibility index (Phi) is 5.84. The molecule has 2 rings (SSSR count). The maximum absolute atomic E-state index is 11.9. The van der Waals surface area contributed by atoms with Crippen LogP contribution in [-0.4, -0.2) is 18.4 Å². The van der Waals surface area contributed by atoms with Crippen LogP contribution in [-0.2, 0) is 9.59 Å². The lowest BCUT2D eigenvalue weighted by molar-refractivity contribution is -0.115. The summed E-state index contributed by atoms with van der Waals surface area (Å²) in [7, 11) is 0. The van der Waals surface area contributed by atoms with Crippen molar-refractivity contribution in [2.24, 2.45) is 0 Å². The zero-order valence-electron chi connectivity index (χ0n) is 12.3. The van der Waals surface area contributed by atoms with Crippen molar-refractivity contribution < 1.29 is 9.59 Å². The molecule has 0 aromatic heterocycles. The number of hydrogen-bond acceptors (Lipinski definition) is 3. The summed E-state index contributed by atoms with van der Waals surface area (Å²) in [5.41, 5.74) is 1.91. The lowest BCUT2D eigenvalue weighted by Gasteiger charge is -2.10. The second-order valence-corrected chi connectivity index (χ2v) is 5.55. The second-order valence-electron chi connectivity index (χ2n) is 4.76. The van der Waals surface area contributed by atoms with Crippen molar-refractivity contribution >= 4 is 52.1 Å². The Bertz CT molecular complexity index is 718. The van der Waals surface area contributed by atoms with Crippen LogP contribution in [0.5, 0.6) is 0 Å². The molecule has 0 aliphatic carbocycles. The van der Waals surface area contributed by atoms with E-state index in [4.69, 9.17) is 23.2 Å². The van der Waals surface area contributed by atoms with Crippen LogP contribution in [0.15, 0.2) is 42.5 Å². The first kappa shape index (κ1) is 17.1. The van der Waals surface area contributed by atoms with Crippen LogP contribution in [0.3, 0.4) is 0 Å². The highest BCUT2D eigenvalue weighted by molar-refractivity contribution is 6.44. The summed E-state index contributed by atoms with van der Waals surface area (Å²) in [5, 5.41) is 9.02. The van der Waals surface area contributed by atoms with E-state index in [2.05, 4.69) is 16.0 Å². The number of hydrogen-bond donors (Lipinski definition) is 3. The van der Waals surface area contributed by atoms with Gasteiger partial charge >= 0.3 is 0 Å². The molecule has 0 saturated heterocycles. The lowest BCUT2D eigenvalue weighted by Crippen LogP contribution is -2.21. The Morgan fingerprint density at radius 2 is 1.61 bits per heavy atom. The number of carbonyl (C=O) groups is 2. The van der Waals surface area contributed by atoms with Gasteiger partial charge in [-0.1, -0.05) is 29.3 Å². The van der Waals surface area contributed by atoms with E-state index in [1.807, 2.05) is 0 Å². The van der Waals surface area contributed by atoms with Crippen molar-refractivity contribution in [3.05, 3.63) is 52.5 Å². The van der Waals surface area contributed by atoms with Gasteiger partial charge in [0.1, 0.15) is 0 Å². The molecule has 3 N–H and O–H groups in total. The highest BCUT2D eigenvalue weighted by Gasteiger charge is 2.08. The van der Waals surface area contributed by atoms with Crippen LogP contribution in [0.1, 0.15) is 6.92 Å².